The number of ether oxygens (including phenoxy) is 2. The second-order valence-corrected chi connectivity index (χ2v) is 7.09. The Hall–Kier alpha value is -3.70. The maximum absolute atomic E-state index is 12.6. The fraction of sp³-hybridized carbons (Fsp3) is 0.304. The number of nitrogens with zero attached hydrogens (tertiary/aromatic N) is 3. The minimum absolute atomic E-state index is 0.0342. The molecule has 0 atom stereocenters. The lowest BCUT2D eigenvalue weighted by molar-refractivity contribution is -0.122. The molecule has 1 aliphatic rings. The smallest absolute Gasteiger partial charge is 0.228 e. The summed E-state index contributed by atoms with van der Waals surface area (Å²) in [5.41, 5.74) is 1.34. The molecule has 4 rings (SSSR count). The van der Waals surface area contributed by atoms with Crippen molar-refractivity contribution in [2.45, 2.75) is 12.8 Å². The number of carbonyl (C=O) groups excluding carboxylic acids is 1. The van der Waals surface area contributed by atoms with E-state index >= 15 is 0 Å². The standard InChI is InChI=1S/C23H23N5O3/c1-24-22-20-14-26-21(28-23(29)15-7-9-31-10-8-15)11-19(20)16(12-27-22)3-4-17-5-6-18(30-2)13-25-17/h5-6,11-15H,7-10H2,1-2H3,(H,24,27)(H,26,28,29). The van der Waals surface area contributed by atoms with Crippen LogP contribution in [0.1, 0.15) is 24.1 Å². The summed E-state index contributed by atoms with van der Waals surface area (Å²) in [5, 5.41) is 7.67. The summed E-state index contributed by atoms with van der Waals surface area (Å²) in [6.45, 7) is 1.22. The average molecular weight is 417 g/mol. The van der Waals surface area contributed by atoms with Gasteiger partial charge >= 0.3 is 0 Å². The largest absolute Gasteiger partial charge is 0.495 e. The molecule has 1 aliphatic heterocycles. The van der Waals surface area contributed by atoms with Crippen LogP contribution in [0.15, 0.2) is 36.8 Å². The first-order valence-electron chi connectivity index (χ1n) is 10.0. The van der Waals surface area contributed by atoms with Gasteiger partial charge in [-0.2, -0.15) is 0 Å². The van der Waals surface area contributed by atoms with Gasteiger partial charge < -0.3 is 20.1 Å². The van der Waals surface area contributed by atoms with Crippen LogP contribution in [0, 0.1) is 17.8 Å². The molecule has 0 aliphatic carbocycles. The third kappa shape index (κ3) is 4.73. The van der Waals surface area contributed by atoms with Gasteiger partial charge in [-0.1, -0.05) is 5.92 Å². The minimum atomic E-state index is -0.0584. The summed E-state index contributed by atoms with van der Waals surface area (Å²) in [5.74, 6) is 7.95. The molecule has 1 saturated heterocycles. The molecule has 31 heavy (non-hydrogen) atoms. The zero-order valence-electron chi connectivity index (χ0n) is 17.4. The molecule has 0 saturated carbocycles. The molecule has 8 nitrogen and oxygen atoms in total. The van der Waals surface area contributed by atoms with Crippen LogP contribution in [0.4, 0.5) is 11.6 Å². The highest BCUT2D eigenvalue weighted by Gasteiger charge is 2.22. The van der Waals surface area contributed by atoms with Gasteiger partial charge in [0.05, 0.1) is 18.9 Å². The SMILES string of the molecule is CNc1ncc(C#Cc2ccc(OC)cn2)c2cc(NC(=O)C3CCOCC3)ncc12. The second kappa shape index (κ2) is 9.41. The molecule has 3 aromatic heterocycles. The number of pyridine rings is 3. The third-order valence-corrected chi connectivity index (χ3v) is 5.15. The average Bonchev–Trinajstić information content (AvgIpc) is 2.83. The molecule has 0 radical (unpaired) electrons. The van der Waals surface area contributed by atoms with Gasteiger partial charge in [0.25, 0.3) is 0 Å². The predicted octanol–water partition coefficient (Wildman–Crippen LogP) is 2.84. The summed E-state index contributed by atoms with van der Waals surface area (Å²) in [4.78, 5) is 25.7. The maximum Gasteiger partial charge on any atom is 0.228 e. The number of anilines is 2. The maximum atomic E-state index is 12.6. The first-order valence-corrected chi connectivity index (χ1v) is 10.0. The third-order valence-electron chi connectivity index (χ3n) is 5.15. The molecule has 1 amide bonds. The molecule has 0 bridgehead atoms. The van der Waals surface area contributed by atoms with E-state index in [1.807, 2.05) is 12.1 Å². The first kappa shape index (κ1) is 20.6. The van der Waals surface area contributed by atoms with E-state index in [2.05, 4.69) is 37.4 Å². The normalized spacial score (nSPS) is 13.9. The van der Waals surface area contributed by atoms with Crippen molar-refractivity contribution in [1.82, 2.24) is 15.0 Å². The van der Waals surface area contributed by atoms with Gasteiger partial charge in [-0.15, -0.1) is 0 Å². The van der Waals surface area contributed by atoms with Crippen LogP contribution >= 0.6 is 0 Å². The number of carbonyl (C=O) groups is 1. The van der Waals surface area contributed by atoms with Crippen LogP contribution in [-0.4, -0.2) is 48.2 Å². The van der Waals surface area contributed by atoms with Crippen LogP contribution in [-0.2, 0) is 9.53 Å². The topological polar surface area (TPSA) is 98.3 Å². The van der Waals surface area contributed by atoms with Crippen molar-refractivity contribution < 1.29 is 14.3 Å². The molecule has 0 spiro atoms. The van der Waals surface area contributed by atoms with Crippen molar-refractivity contribution in [1.29, 1.82) is 0 Å². The molecule has 2 N–H and O–H groups in total. The number of nitrogens with one attached hydrogen (secondary N) is 2. The lowest BCUT2D eigenvalue weighted by Gasteiger charge is -2.21. The molecule has 0 unspecified atom stereocenters. The summed E-state index contributed by atoms with van der Waals surface area (Å²) in [6, 6.07) is 5.44. The Kier molecular flexibility index (Phi) is 6.24. The monoisotopic (exact) mass is 417 g/mol. The number of fused-ring (bicyclic) bond motifs is 1. The number of hydrogen-bond donors (Lipinski definition) is 2. The van der Waals surface area contributed by atoms with E-state index in [0.717, 1.165) is 29.2 Å². The molecule has 158 valence electrons. The minimum Gasteiger partial charge on any atom is -0.495 e. The van der Waals surface area contributed by atoms with Crippen LogP contribution in [0.3, 0.4) is 0 Å². The van der Waals surface area contributed by atoms with Gasteiger partial charge in [0, 0.05) is 49.3 Å². The molecule has 4 heterocycles. The molecular formula is C23H23N5O3. The zero-order valence-corrected chi connectivity index (χ0v) is 17.4. The quantitative estimate of drug-likeness (QED) is 0.630. The van der Waals surface area contributed by atoms with Crippen molar-refractivity contribution in [2.75, 3.05) is 38.0 Å². The first-order chi connectivity index (χ1) is 15.2. The van der Waals surface area contributed by atoms with E-state index in [0.29, 0.717) is 36.3 Å². The lowest BCUT2D eigenvalue weighted by Crippen LogP contribution is -2.28. The van der Waals surface area contributed by atoms with Crippen molar-refractivity contribution in [3.8, 4) is 17.6 Å². The van der Waals surface area contributed by atoms with Gasteiger partial charge in [-0.3, -0.25) is 4.79 Å². The van der Waals surface area contributed by atoms with Crippen molar-refractivity contribution >= 4 is 28.3 Å². The van der Waals surface area contributed by atoms with Crippen LogP contribution in [0.25, 0.3) is 10.8 Å². The Bertz CT molecular complexity index is 1150. The molecule has 8 heteroatoms. The summed E-state index contributed by atoms with van der Waals surface area (Å²) < 4.78 is 10.5. The lowest BCUT2D eigenvalue weighted by atomic mass is 9.99. The number of methoxy groups -OCH3 is 1. The van der Waals surface area contributed by atoms with Crippen molar-refractivity contribution in [2.24, 2.45) is 5.92 Å². The second-order valence-electron chi connectivity index (χ2n) is 7.09. The summed E-state index contributed by atoms with van der Waals surface area (Å²) in [6.07, 6.45) is 6.47. The molecular weight excluding hydrogens is 394 g/mol. The Morgan fingerprint density at radius 1 is 1.10 bits per heavy atom. The highest BCUT2D eigenvalue weighted by molar-refractivity contribution is 5.99. The highest BCUT2D eigenvalue weighted by atomic mass is 16.5. The predicted molar refractivity (Wildman–Crippen MR) is 118 cm³/mol. The van der Waals surface area contributed by atoms with E-state index in [4.69, 9.17) is 9.47 Å². The fourth-order valence-electron chi connectivity index (χ4n) is 3.40. The molecule has 3 aromatic rings. The number of hydrogen-bond acceptors (Lipinski definition) is 7. The Labute approximate surface area is 180 Å². The summed E-state index contributed by atoms with van der Waals surface area (Å²) >= 11 is 0. The van der Waals surface area contributed by atoms with Crippen LogP contribution in [0.5, 0.6) is 5.75 Å². The Morgan fingerprint density at radius 2 is 1.94 bits per heavy atom. The van der Waals surface area contributed by atoms with E-state index in [-0.39, 0.29) is 11.8 Å². The molecule has 1 fully saturated rings. The number of amides is 1. The van der Waals surface area contributed by atoms with E-state index in [1.54, 1.807) is 38.8 Å². The highest BCUT2D eigenvalue weighted by Crippen LogP contribution is 2.26. The summed E-state index contributed by atoms with van der Waals surface area (Å²) in [7, 11) is 3.39. The van der Waals surface area contributed by atoms with Gasteiger partial charge in [-0.05, 0) is 37.0 Å². The zero-order chi connectivity index (χ0) is 21.6. The van der Waals surface area contributed by atoms with Gasteiger partial charge in [0.1, 0.15) is 23.1 Å². The van der Waals surface area contributed by atoms with Gasteiger partial charge in [0.15, 0.2) is 0 Å². The number of rotatable bonds is 4. The number of aromatic nitrogens is 3. The van der Waals surface area contributed by atoms with E-state index in [9.17, 15) is 4.79 Å². The Morgan fingerprint density at radius 3 is 2.65 bits per heavy atom. The van der Waals surface area contributed by atoms with Crippen molar-refractivity contribution in [3.05, 3.63) is 48.0 Å². The molecule has 0 aromatic carbocycles. The van der Waals surface area contributed by atoms with Crippen molar-refractivity contribution in [3.63, 3.8) is 0 Å². The van der Waals surface area contributed by atoms with E-state index < -0.39 is 0 Å². The van der Waals surface area contributed by atoms with Crippen LogP contribution in [0.2, 0.25) is 0 Å². The van der Waals surface area contributed by atoms with Gasteiger partial charge in [-0.25, -0.2) is 15.0 Å². The van der Waals surface area contributed by atoms with Gasteiger partial charge in [0.2, 0.25) is 5.91 Å². The Balaban J connectivity index is 1.65. The van der Waals surface area contributed by atoms with E-state index in [1.165, 1.54) is 0 Å². The van der Waals surface area contributed by atoms with Crippen LogP contribution < -0.4 is 15.4 Å². The fourth-order valence-corrected chi connectivity index (χ4v) is 3.40.